The first-order valence-corrected chi connectivity index (χ1v) is 4.11. The summed E-state index contributed by atoms with van der Waals surface area (Å²) in [4.78, 5) is 14.5. The highest BCUT2D eigenvalue weighted by atomic mass is 19.4. The van der Waals surface area contributed by atoms with Crippen molar-refractivity contribution in [2.24, 2.45) is 0 Å². The Kier molecular flexibility index (Phi) is 3.52. The van der Waals surface area contributed by atoms with Crippen molar-refractivity contribution in [3.8, 4) is 11.8 Å². The van der Waals surface area contributed by atoms with Gasteiger partial charge in [-0.05, 0) is 0 Å². The second-order valence-electron chi connectivity index (χ2n) is 2.71. The van der Waals surface area contributed by atoms with E-state index in [1.807, 2.05) is 0 Å². The average molecular weight is 246 g/mol. The van der Waals surface area contributed by atoms with E-state index in [1.165, 1.54) is 6.07 Å². The molecule has 0 atom stereocenters. The number of carbonyl (C=O) groups is 1. The summed E-state index contributed by atoms with van der Waals surface area (Å²) in [5.41, 5.74) is -0.971. The third kappa shape index (κ3) is 3.07. The van der Waals surface area contributed by atoms with E-state index >= 15 is 0 Å². The van der Waals surface area contributed by atoms with E-state index in [2.05, 4.69) is 14.5 Å². The highest BCUT2D eigenvalue weighted by Crippen LogP contribution is 2.27. The van der Waals surface area contributed by atoms with Crippen LogP contribution in [0.3, 0.4) is 0 Å². The van der Waals surface area contributed by atoms with Gasteiger partial charge in [0, 0.05) is 6.20 Å². The van der Waals surface area contributed by atoms with Gasteiger partial charge >= 0.3 is 12.3 Å². The summed E-state index contributed by atoms with van der Waals surface area (Å²) in [6.07, 6.45) is -3.35. The van der Waals surface area contributed by atoms with Crippen LogP contribution < -0.4 is 4.74 Å². The molecule has 1 rings (SSSR count). The number of nitriles is 1. The highest BCUT2D eigenvalue weighted by molar-refractivity contribution is 5.92. The van der Waals surface area contributed by atoms with Gasteiger partial charge in [0.1, 0.15) is 11.6 Å². The van der Waals surface area contributed by atoms with E-state index in [4.69, 9.17) is 5.26 Å². The summed E-state index contributed by atoms with van der Waals surface area (Å²) < 4.78 is 43.9. The zero-order valence-electron chi connectivity index (χ0n) is 8.41. The van der Waals surface area contributed by atoms with Gasteiger partial charge < -0.3 is 9.47 Å². The maximum absolute atomic E-state index is 12.0. The van der Waals surface area contributed by atoms with E-state index in [0.29, 0.717) is 6.20 Å². The fraction of sp³-hybridized carbons (Fsp3) is 0.222. The van der Waals surface area contributed by atoms with Crippen LogP contribution in [0.4, 0.5) is 13.2 Å². The Morgan fingerprint density at radius 2 is 2.12 bits per heavy atom. The minimum atomic E-state index is -4.97. The summed E-state index contributed by atoms with van der Waals surface area (Å²) in [6.45, 7) is 0. The summed E-state index contributed by atoms with van der Waals surface area (Å²) in [7, 11) is 1.03. The van der Waals surface area contributed by atoms with Crippen molar-refractivity contribution in [3.05, 3.63) is 23.5 Å². The molecular formula is C9H5F3N2O3. The van der Waals surface area contributed by atoms with E-state index in [-0.39, 0.29) is 0 Å². The number of aromatic nitrogens is 1. The standard InChI is InChI=1S/C9H5F3N2O3/c1-16-8(15)6-3-14-4-7(5(6)2-13)17-9(10,11)12/h3-4H,1H3. The number of esters is 1. The van der Waals surface area contributed by atoms with Crippen LogP contribution in [0, 0.1) is 11.3 Å². The van der Waals surface area contributed by atoms with Crippen LogP contribution in [0.15, 0.2) is 12.4 Å². The fourth-order valence-corrected chi connectivity index (χ4v) is 1.02. The minimum absolute atomic E-state index is 0.392. The molecule has 0 saturated heterocycles. The third-order valence-corrected chi connectivity index (χ3v) is 1.65. The molecule has 1 heterocycles. The number of rotatable bonds is 2. The van der Waals surface area contributed by atoms with Gasteiger partial charge in [0.2, 0.25) is 0 Å². The van der Waals surface area contributed by atoms with Gasteiger partial charge in [0.15, 0.2) is 5.75 Å². The summed E-state index contributed by atoms with van der Waals surface area (Å²) in [5, 5.41) is 8.71. The van der Waals surface area contributed by atoms with Gasteiger partial charge in [-0.1, -0.05) is 0 Å². The van der Waals surface area contributed by atoms with Crippen LogP contribution in [0.5, 0.6) is 5.75 Å². The van der Waals surface area contributed by atoms with E-state index in [0.717, 1.165) is 13.3 Å². The summed E-state index contributed by atoms with van der Waals surface area (Å²) >= 11 is 0. The van der Waals surface area contributed by atoms with Crippen LogP contribution in [-0.2, 0) is 4.74 Å². The van der Waals surface area contributed by atoms with Crippen LogP contribution in [0.25, 0.3) is 0 Å². The van der Waals surface area contributed by atoms with E-state index < -0.39 is 29.2 Å². The first-order valence-electron chi connectivity index (χ1n) is 4.11. The molecule has 0 radical (unpaired) electrons. The molecule has 0 N–H and O–H groups in total. The molecule has 0 spiro atoms. The lowest BCUT2D eigenvalue weighted by molar-refractivity contribution is -0.274. The van der Waals surface area contributed by atoms with Crippen LogP contribution >= 0.6 is 0 Å². The molecule has 0 aliphatic rings. The average Bonchev–Trinajstić information content (AvgIpc) is 2.25. The zero-order chi connectivity index (χ0) is 13.1. The predicted octanol–water partition coefficient (Wildman–Crippen LogP) is 1.64. The van der Waals surface area contributed by atoms with Crippen molar-refractivity contribution >= 4 is 5.97 Å². The van der Waals surface area contributed by atoms with Crippen LogP contribution in [-0.4, -0.2) is 24.4 Å². The van der Waals surface area contributed by atoms with Crippen molar-refractivity contribution in [3.63, 3.8) is 0 Å². The number of carbonyl (C=O) groups excluding carboxylic acids is 1. The van der Waals surface area contributed by atoms with Crippen molar-refractivity contribution in [2.45, 2.75) is 6.36 Å². The van der Waals surface area contributed by atoms with Crippen molar-refractivity contribution in [1.82, 2.24) is 4.98 Å². The topological polar surface area (TPSA) is 72.2 Å². The number of hydrogen-bond acceptors (Lipinski definition) is 5. The molecule has 0 bridgehead atoms. The molecule has 0 unspecified atom stereocenters. The summed E-state index contributed by atoms with van der Waals surface area (Å²) in [5.74, 6) is -1.82. The number of hydrogen-bond donors (Lipinski definition) is 0. The Balaban J connectivity index is 3.25. The van der Waals surface area contributed by atoms with Crippen LogP contribution in [0.1, 0.15) is 15.9 Å². The molecule has 1 aromatic rings. The molecule has 0 fully saturated rings. The lowest BCUT2D eigenvalue weighted by Gasteiger charge is -2.10. The number of methoxy groups -OCH3 is 1. The Morgan fingerprint density at radius 1 is 1.47 bits per heavy atom. The molecular weight excluding hydrogens is 241 g/mol. The maximum Gasteiger partial charge on any atom is 0.573 e. The lowest BCUT2D eigenvalue weighted by Crippen LogP contribution is -2.19. The van der Waals surface area contributed by atoms with Gasteiger partial charge in [0.25, 0.3) is 0 Å². The Bertz CT molecular complexity index is 479. The largest absolute Gasteiger partial charge is 0.573 e. The second-order valence-corrected chi connectivity index (χ2v) is 2.71. The summed E-state index contributed by atoms with van der Waals surface area (Å²) in [6, 6.07) is 1.44. The maximum atomic E-state index is 12.0. The molecule has 0 aliphatic carbocycles. The second kappa shape index (κ2) is 4.69. The predicted molar refractivity (Wildman–Crippen MR) is 47.0 cm³/mol. The number of pyridine rings is 1. The number of nitrogens with zero attached hydrogens (tertiary/aromatic N) is 2. The highest BCUT2D eigenvalue weighted by Gasteiger charge is 2.33. The third-order valence-electron chi connectivity index (χ3n) is 1.65. The Morgan fingerprint density at radius 3 is 2.59 bits per heavy atom. The quantitative estimate of drug-likeness (QED) is 0.741. The van der Waals surface area contributed by atoms with E-state index in [1.54, 1.807) is 0 Å². The van der Waals surface area contributed by atoms with Crippen molar-refractivity contribution in [1.29, 1.82) is 5.26 Å². The van der Waals surface area contributed by atoms with Crippen molar-refractivity contribution < 1.29 is 27.4 Å². The van der Waals surface area contributed by atoms with Crippen molar-refractivity contribution in [2.75, 3.05) is 7.11 Å². The monoisotopic (exact) mass is 246 g/mol. The first-order chi connectivity index (χ1) is 7.89. The molecule has 0 saturated carbocycles. The number of halogens is 3. The smallest absolute Gasteiger partial charge is 0.465 e. The normalized spacial score (nSPS) is 10.5. The van der Waals surface area contributed by atoms with Gasteiger partial charge in [0.05, 0.1) is 18.9 Å². The SMILES string of the molecule is COC(=O)c1cncc(OC(F)(F)F)c1C#N. The van der Waals surface area contributed by atoms with E-state index in [9.17, 15) is 18.0 Å². The Labute approximate surface area is 93.4 Å². The lowest BCUT2D eigenvalue weighted by atomic mass is 10.1. The number of alkyl halides is 3. The Hall–Kier alpha value is -2.30. The molecule has 17 heavy (non-hydrogen) atoms. The van der Waals surface area contributed by atoms with Gasteiger partial charge in [-0.3, -0.25) is 4.98 Å². The molecule has 1 aromatic heterocycles. The van der Waals surface area contributed by atoms with Gasteiger partial charge in [-0.2, -0.15) is 5.26 Å². The van der Waals surface area contributed by atoms with Gasteiger partial charge in [-0.15, -0.1) is 13.2 Å². The van der Waals surface area contributed by atoms with Gasteiger partial charge in [-0.25, -0.2) is 4.79 Å². The van der Waals surface area contributed by atoms with Crippen LogP contribution in [0.2, 0.25) is 0 Å². The fourth-order valence-electron chi connectivity index (χ4n) is 1.02. The molecule has 8 heteroatoms. The number of ether oxygens (including phenoxy) is 2. The molecule has 0 aliphatic heterocycles. The minimum Gasteiger partial charge on any atom is -0.465 e. The molecule has 5 nitrogen and oxygen atoms in total. The first kappa shape index (κ1) is 12.8. The molecule has 0 aromatic carbocycles. The molecule has 90 valence electrons. The zero-order valence-corrected chi connectivity index (χ0v) is 8.41. The molecule has 0 amide bonds.